The molecule has 2 fully saturated rings. The number of hydrogen-bond acceptors (Lipinski definition) is 4. The number of halogens is 1. The van der Waals surface area contributed by atoms with E-state index in [0.717, 1.165) is 51.4 Å². The lowest BCUT2D eigenvalue weighted by molar-refractivity contribution is -0.0355. The SMILES string of the molecule is CC.CCC1(C(O)C/C=C/[C@@H]2CCC[C@@H]2F)CCC1.CCCc1ccc(C(=O)OC)s1. The fraction of sp³-hybridized carbons (Fsp3) is 0.731. The van der Waals surface area contributed by atoms with Gasteiger partial charge in [0.25, 0.3) is 0 Å². The lowest BCUT2D eigenvalue weighted by Crippen LogP contribution is -2.40. The minimum atomic E-state index is -0.646. The van der Waals surface area contributed by atoms with Gasteiger partial charge in [0.15, 0.2) is 0 Å². The summed E-state index contributed by atoms with van der Waals surface area (Å²) in [6.07, 6.45) is 13.4. The molecule has 3 rings (SSSR count). The lowest BCUT2D eigenvalue weighted by atomic mass is 9.63. The number of allylic oxidation sites excluding steroid dienone is 1. The highest BCUT2D eigenvalue weighted by Crippen LogP contribution is 2.47. The number of hydrogen-bond donors (Lipinski definition) is 1. The first-order valence-corrected chi connectivity index (χ1v) is 12.9. The number of carbonyl (C=O) groups excluding carboxylic acids is 1. The molecule has 1 aromatic rings. The van der Waals surface area contributed by atoms with Gasteiger partial charge in [-0.2, -0.15) is 0 Å². The number of ether oxygens (including phenoxy) is 1. The summed E-state index contributed by atoms with van der Waals surface area (Å²) in [5.74, 6) is -0.122. The Morgan fingerprint density at radius 2 is 2.00 bits per heavy atom. The number of alkyl halides is 1. The summed E-state index contributed by atoms with van der Waals surface area (Å²) >= 11 is 1.52. The van der Waals surface area contributed by atoms with Crippen LogP contribution in [0, 0.1) is 11.3 Å². The highest BCUT2D eigenvalue weighted by Gasteiger charge is 2.41. The Balaban J connectivity index is 0.000000303. The maximum absolute atomic E-state index is 13.4. The van der Waals surface area contributed by atoms with Crippen molar-refractivity contribution in [1.82, 2.24) is 0 Å². The number of esters is 1. The Labute approximate surface area is 193 Å². The fourth-order valence-electron chi connectivity index (χ4n) is 4.31. The molecule has 0 amide bonds. The van der Waals surface area contributed by atoms with Crippen molar-refractivity contribution in [1.29, 1.82) is 0 Å². The average molecular weight is 455 g/mol. The van der Waals surface area contributed by atoms with Crippen molar-refractivity contribution in [2.75, 3.05) is 7.11 Å². The second-order valence-corrected chi connectivity index (χ2v) is 9.54. The van der Waals surface area contributed by atoms with Gasteiger partial charge in [-0.3, -0.25) is 0 Å². The zero-order valence-corrected chi connectivity index (χ0v) is 21.0. The standard InChI is InChI=1S/C15H25FO.C9H12O2S.C2H6/c1-2-15(10-5-11-15)14(17)9-4-7-12-6-3-8-13(12)16;1-3-4-7-5-6-8(12-7)9(10)11-2;1-2/h4,7,12-14,17H,2-3,5-6,8-11H2,1H3;5-6H,3-4H2,1-2H3;1-2H3/b7-4+;;/t12-,13-,14?;;/m0../s1. The van der Waals surface area contributed by atoms with Crippen LogP contribution in [-0.4, -0.2) is 30.5 Å². The summed E-state index contributed by atoms with van der Waals surface area (Å²) < 4.78 is 18.0. The van der Waals surface area contributed by atoms with Crippen LogP contribution in [0.5, 0.6) is 0 Å². The monoisotopic (exact) mass is 454 g/mol. The van der Waals surface area contributed by atoms with E-state index in [1.165, 1.54) is 29.7 Å². The van der Waals surface area contributed by atoms with E-state index in [0.29, 0.717) is 11.3 Å². The zero-order valence-electron chi connectivity index (χ0n) is 20.2. The van der Waals surface area contributed by atoms with Crippen LogP contribution in [0.25, 0.3) is 0 Å². The number of rotatable bonds is 8. The predicted octanol–water partition coefficient (Wildman–Crippen LogP) is 7.53. The van der Waals surface area contributed by atoms with Crippen LogP contribution < -0.4 is 0 Å². The second kappa shape index (κ2) is 14.8. The van der Waals surface area contributed by atoms with Crippen LogP contribution in [0.3, 0.4) is 0 Å². The van der Waals surface area contributed by atoms with E-state index in [-0.39, 0.29) is 23.4 Å². The molecule has 2 aliphatic rings. The third kappa shape index (κ3) is 8.34. The van der Waals surface area contributed by atoms with Crippen molar-refractivity contribution in [2.45, 2.75) is 104 Å². The maximum Gasteiger partial charge on any atom is 0.348 e. The number of aliphatic hydroxyl groups excluding tert-OH is 1. The molecule has 2 aliphatic carbocycles. The van der Waals surface area contributed by atoms with Gasteiger partial charge in [0.1, 0.15) is 11.0 Å². The van der Waals surface area contributed by atoms with Gasteiger partial charge in [0.2, 0.25) is 0 Å². The van der Waals surface area contributed by atoms with E-state index in [1.54, 1.807) is 0 Å². The van der Waals surface area contributed by atoms with Crippen molar-refractivity contribution >= 4 is 17.3 Å². The average Bonchev–Trinajstić information content (AvgIpc) is 3.39. The summed E-state index contributed by atoms with van der Waals surface area (Å²) in [6, 6.07) is 3.81. The molecular formula is C26H43FO3S. The number of methoxy groups -OCH3 is 1. The Kier molecular flexibility index (Phi) is 13.3. The summed E-state index contributed by atoms with van der Waals surface area (Å²) in [6.45, 7) is 8.29. The molecule has 1 aromatic heterocycles. The van der Waals surface area contributed by atoms with Crippen molar-refractivity contribution in [3.05, 3.63) is 34.0 Å². The Morgan fingerprint density at radius 1 is 1.29 bits per heavy atom. The molecule has 1 unspecified atom stereocenters. The van der Waals surface area contributed by atoms with Crippen molar-refractivity contribution in [3.8, 4) is 0 Å². The first kappa shape index (κ1) is 27.8. The van der Waals surface area contributed by atoms with Crippen LogP contribution in [0.2, 0.25) is 0 Å². The summed E-state index contributed by atoms with van der Waals surface area (Å²) in [5, 5.41) is 10.2. The smallest absolute Gasteiger partial charge is 0.348 e. The molecule has 3 atom stereocenters. The molecular weight excluding hydrogens is 411 g/mol. The topological polar surface area (TPSA) is 46.5 Å². The quantitative estimate of drug-likeness (QED) is 0.326. The molecule has 5 heteroatoms. The van der Waals surface area contributed by atoms with E-state index >= 15 is 0 Å². The summed E-state index contributed by atoms with van der Waals surface area (Å²) in [5.41, 5.74) is 0.176. The second-order valence-electron chi connectivity index (χ2n) is 8.37. The molecule has 31 heavy (non-hydrogen) atoms. The van der Waals surface area contributed by atoms with Crippen molar-refractivity contribution in [3.63, 3.8) is 0 Å². The number of carbonyl (C=O) groups is 1. The van der Waals surface area contributed by atoms with E-state index < -0.39 is 6.17 Å². The van der Waals surface area contributed by atoms with E-state index in [9.17, 15) is 14.3 Å². The first-order chi connectivity index (χ1) is 15.0. The van der Waals surface area contributed by atoms with E-state index in [1.807, 2.05) is 38.1 Å². The summed E-state index contributed by atoms with van der Waals surface area (Å²) in [4.78, 5) is 13.0. The third-order valence-corrected chi connectivity index (χ3v) is 7.65. The highest BCUT2D eigenvalue weighted by atomic mass is 32.1. The first-order valence-electron chi connectivity index (χ1n) is 12.1. The number of aliphatic hydroxyl groups is 1. The van der Waals surface area contributed by atoms with E-state index in [4.69, 9.17) is 0 Å². The van der Waals surface area contributed by atoms with Gasteiger partial charge >= 0.3 is 5.97 Å². The summed E-state index contributed by atoms with van der Waals surface area (Å²) in [7, 11) is 1.40. The van der Waals surface area contributed by atoms with Gasteiger partial charge in [-0.1, -0.05) is 52.7 Å². The number of aryl methyl sites for hydroxylation is 1. The van der Waals surface area contributed by atoms with Gasteiger partial charge in [0.05, 0.1) is 13.2 Å². The van der Waals surface area contributed by atoms with Crippen LogP contribution in [0.1, 0.15) is 100 Å². The van der Waals surface area contributed by atoms with Gasteiger partial charge in [0, 0.05) is 10.8 Å². The van der Waals surface area contributed by atoms with Crippen LogP contribution in [0.15, 0.2) is 24.3 Å². The lowest BCUT2D eigenvalue weighted by Gasteiger charge is -2.45. The molecule has 2 saturated carbocycles. The normalized spacial score (nSPS) is 22.5. The molecule has 0 aromatic carbocycles. The van der Waals surface area contributed by atoms with Gasteiger partial charge < -0.3 is 9.84 Å². The largest absolute Gasteiger partial charge is 0.465 e. The third-order valence-electron chi connectivity index (χ3n) is 6.53. The molecule has 178 valence electrons. The van der Waals surface area contributed by atoms with Gasteiger partial charge in [-0.15, -0.1) is 11.3 Å². The molecule has 0 bridgehead atoms. The maximum atomic E-state index is 13.4. The Bertz CT molecular complexity index is 645. The van der Waals surface area contributed by atoms with Gasteiger partial charge in [-0.25, -0.2) is 9.18 Å². The Morgan fingerprint density at radius 3 is 2.48 bits per heavy atom. The highest BCUT2D eigenvalue weighted by molar-refractivity contribution is 7.13. The molecule has 0 spiro atoms. The molecule has 1 heterocycles. The van der Waals surface area contributed by atoms with Gasteiger partial charge in [-0.05, 0) is 68.9 Å². The molecule has 0 radical (unpaired) electrons. The Hall–Kier alpha value is -1.20. The number of thiophene rings is 1. The minimum Gasteiger partial charge on any atom is -0.465 e. The molecule has 0 aliphatic heterocycles. The molecule has 3 nitrogen and oxygen atoms in total. The van der Waals surface area contributed by atoms with Crippen LogP contribution in [0.4, 0.5) is 4.39 Å². The predicted molar refractivity (Wildman–Crippen MR) is 130 cm³/mol. The van der Waals surface area contributed by atoms with Crippen LogP contribution >= 0.6 is 11.3 Å². The molecule has 0 saturated heterocycles. The van der Waals surface area contributed by atoms with Crippen molar-refractivity contribution < 1.29 is 19.0 Å². The minimum absolute atomic E-state index is 0.112. The van der Waals surface area contributed by atoms with Crippen molar-refractivity contribution in [2.24, 2.45) is 11.3 Å². The zero-order chi connectivity index (χ0) is 23.3. The fourth-order valence-corrected chi connectivity index (χ4v) is 5.34. The van der Waals surface area contributed by atoms with E-state index in [2.05, 4.69) is 18.6 Å². The molecule has 1 N–H and O–H groups in total. The van der Waals surface area contributed by atoms with Crippen LogP contribution in [-0.2, 0) is 11.2 Å².